The minimum Gasteiger partial charge on any atom is -0.251 e. The van der Waals surface area contributed by atoms with Gasteiger partial charge < -0.3 is 0 Å². The third-order valence-electron chi connectivity index (χ3n) is 2.57. The van der Waals surface area contributed by atoms with Crippen LogP contribution in [0.5, 0.6) is 0 Å². The monoisotopic (exact) mass is 225 g/mol. The van der Waals surface area contributed by atoms with Gasteiger partial charge in [-0.15, -0.1) is 0 Å². The second kappa shape index (κ2) is 3.66. The summed E-state index contributed by atoms with van der Waals surface area (Å²) in [5, 5.41) is 12.8. The molecule has 1 atom stereocenters. The average molecular weight is 225 g/mol. The van der Waals surface area contributed by atoms with Gasteiger partial charge in [0.15, 0.2) is 9.84 Å². The van der Waals surface area contributed by atoms with Crippen molar-refractivity contribution < 1.29 is 8.42 Å². The van der Waals surface area contributed by atoms with Crippen LogP contribution >= 0.6 is 0 Å². The molecule has 1 aliphatic rings. The SMILES string of the molecule is N#Cc1ccnn1C1CCCS(=O)(=O)C1. The molecule has 1 saturated heterocycles. The molecule has 1 aliphatic heterocycles. The van der Waals surface area contributed by atoms with Gasteiger partial charge in [0.1, 0.15) is 11.8 Å². The quantitative estimate of drug-likeness (QED) is 0.697. The number of hydrogen-bond donors (Lipinski definition) is 0. The maximum atomic E-state index is 11.4. The van der Waals surface area contributed by atoms with Gasteiger partial charge in [0, 0.05) is 0 Å². The Kier molecular flexibility index (Phi) is 2.49. The van der Waals surface area contributed by atoms with Gasteiger partial charge in [-0.05, 0) is 18.9 Å². The third-order valence-corrected chi connectivity index (χ3v) is 4.37. The first kappa shape index (κ1) is 10.2. The minimum atomic E-state index is -2.95. The normalized spacial score (nSPS) is 24.6. The van der Waals surface area contributed by atoms with Crippen LogP contribution in [0, 0.1) is 11.3 Å². The highest BCUT2D eigenvalue weighted by molar-refractivity contribution is 7.91. The molecule has 2 rings (SSSR count). The number of aromatic nitrogens is 2. The Morgan fingerprint density at radius 2 is 2.40 bits per heavy atom. The van der Waals surface area contributed by atoms with Crippen LogP contribution in [0.2, 0.25) is 0 Å². The molecule has 6 heteroatoms. The summed E-state index contributed by atoms with van der Waals surface area (Å²) in [4.78, 5) is 0. The van der Waals surface area contributed by atoms with Crippen molar-refractivity contribution >= 4 is 9.84 Å². The topological polar surface area (TPSA) is 75.8 Å². The van der Waals surface area contributed by atoms with E-state index in [9.17, 15) is 8.42 Å². The molecule has 0 aromatic carbocycles. The molecular formula is C9H11N3O2S. The molecule has 80 valence electrons. The van der Waals surface area contributed by atoms with E-state index in [2.05, 4.69) is 5.10 Å². The highest BCUT2D eigenvalue weighted by Gasteiger charge is 2.27. The number of nitrogens with zero attached hydrogens (tertiary/aromatic N) is 3. The lowest BCUT2D eigenvalue weighted by atomic mass is 10.2. The molecule has 0 bridgehead atoms. The summed E-state index contributed by atoms with van der Waals surface area (Å²) in [6.45, 7) is 0. The van der Waals surface area contributed by atoms with E-state index in [1.54, 1.807) is 6.07 Å². The van der Waals surface area contributed by atoms with Gasteiger partial charge in [-0.2, -0.15) is 10.4 Å². The lowest BCUT2D eigenvalue weighted by molar-refractivity contribution is 0.432. The van der Waals surface area contributed by atoms with E-state index >= 15 is 0 Å². The Morgan fingerprint density at radius 1 is 1.60 bits per heavy atom. The lowest BCUT2D eigenvalue weighted by Crippen LogP contribution is -2.28. The molecule has 0 amide bonds. The van der Waals surface area contributed by atoms with Gasteiger partial charge in [-0.1, -0.05) is 0 Å². The molecule has 0 saturated carbocycles. The molecule has 0 radical (unpaired) electrons. The Balaban J connectivity index is 2.29. The Morgan fingerprint density at radius 3 is 3.07 bits per heavy atom. The van der Waals surface area contributed by atoms with E-state index in [0.29, 0.717) is 12.1 Å². The van der Waals surface area contributed by atoms with Gasteiger partial charge in [0.05, 0.1) is 23.7 Å². The van der Waals surface area contributed by atoms with Crippen LogP contribution < -0.4 is 0 Å². The molecule has 1 aromatic heterocycles. The van der Waals surface area contributed by atoms with Crippen molar-refractivity contribution in [3.8, 4) is 6.07 Å². The van der Waals surface area contributed by atoms with Gasteiger partial charge in [0.25, 0.3) is 0 Å². The van der Waals surface area contributed by atoms with Gasteiger partial charge >= 0.3 is 0 Å². The Hall–Kier alpha value is -1.35. The van der Waals surface area contributed by atoms with Crippen LogP contribution in [0.15, 0.2) is 12.3 Å². The highest BCUT2D eigenvalue weighted by Crippen LogP contribution is 2.23. The van der Waals surface area contributed by atoms with Gasteiger partial charge in [-0.3, -0.25) is 4.68 Å². The molecule has 15 heavy (non-hydrogen) atoms. The maximum Gasteiger partial charge on any atom is 0.152 e. The standard InChI is InChI=1S/C9H11N3O2S/c10-6-8-3-4-11-12(8)9-2-1-5-15(13,14)7-9/h3-4,9H,1-2,5,7H2. The Bertz CT molecular complexity index is 498. The molecule has 0 spiro atoms. The fourth-order valence-corrected chi connectivity index (χ4v) is 3.55. The number of rotatable bonds is 1. The summed E-state index contributed by atoms with van der Waals surface area (Å²) in [5.41, 5.74) is 0.428. The zero-order valence-corrected chi connectivity index (χ0v) is 8.94. The minimum absolute atomic E-state index is 0.101. The highest BCUT2D eigenvalue weighted by atomic mass is 32.2. The predicted octanol–water partition coefficient (Wildman–Crippen LogP) is 0.504. The predicted molar refractivity (Wildman–Crippen MR) is 53.9 cm³/mol. The van der Waals surface area contributed by atoms with E-state index in [-0.39, 0.29) is 17.5 Å². The first-order valence-electron chi connectivity index (χ1n) is 4.76. The first-order valence-corrected chi connectivity index (χ1v) is 6.58. The van der Waals surface area contributed by atoms with E-state index in [1.165, 1.54) is 10.9 Å². The van der Waals surface area contributed by atoms with E-state index in [4.69, 9.17) is 5.26 Å². The van der Waals surface area contributed by atoms with Crippen LogP contribution in [0.3, 0.4) is 0 Å². The molecule has 0 aliphatic carbocycles. The van der Waals surface area contributed by atoms with Crippen LogP contribution in [0.25, 0.3) is 0 Å². The van der Waals surface area contributed by atoms with Crippen molar-refractivity contribution in [2.75, 3.05) is 11.5 Å². The van der Waals surface area contributed by atoms with Crippen molar-refractivity contribution in [1.29, 1.82) is 5.26 Å². The van der Waals surface area contributed by atoms with E-state index in [1.807, 2.05) is 6.07 Å². The zero-order chi connectivity index (χ0) is 10.9. The molecule has 0 N–H and O–H groups in total. The van der Waals surface area contributed by atoms with Crippen LogP contribution in [-0.2, 0) is 9.84 Å². The van der Waals surface area contributed by atoms with Crippen LogP contribution in [0.1, 0.15) is 24.6 Å². The van der Waals surface area contributed by atoms with Crippen molar-refractivity contribution in [2.24, 2.45) is 0 Å². The molecule has 1 unspecified atom stereocenters. The summed E-state index contributed by atoms with van der Waals surface area (Å²) >= 11 is 0. The first-order chi connectivity index (χ1) is 7.12. The van der Waals surface area contributed by atoms with Gasteiger partial charge in [-0.25, -0.2) is 8.42 Å². The van der Waals surface area contributed by atoms with E-state index in [0.717, 1.165) is 6.42 Å². The lowest BCUT2D eigenvalue weighted by Gasteiger charge is -2.22. The summed E-state index contributed by atoms with van der Waals surface area (Å²) in [6.07, 6.45) is 2.95. The van der Waals surface area contributed by atoms with Crippen LogP contribution in [0.4, 0.5) is 0 Å². The van der Waals surface area contributed by atoms with Crippen molar-refractivity contribution in [3.63, 3.8) is 0 Å². The number of hydrogen-bond acceptors (Lipinski definition) is 4. The second-order valence-corrected chi connectivity index (χ2v) is 5.91. The largest absolute Gasteiger partial charge is 0.251 e. The zero-order valence-electron chi connectivity index (χ0n) is 8.13. The summed E-state index contributed by atoms with van der Waals surface area (Å²) in [6, 6.07) is 3.43. The average Bonchev–Trinajstić information content (AvgIpc) is 2.63. The Labute approximate surface area is 88.2 Å². The van der Waals surface area contributed by atoms with Gasteiger partial charge in [0.2, 0.25) is 0 Å². The fourth-order valence-electron chi connectivity index (χ4n) is 1.89. The summed E-state index contributed by atoms with van der Waals surface area (Å²) in [7, 11) is -2.95. The smallest absolute Gasteiger partial charge is 0.152 e. The van der Waals surface area contributed by atoms with Crippen molar-refractivity contribution in [3.05, 3.63) is 18.0 Å². The van der Waals surface area contributed by atoms with E-state index < -0.39 is 9.84 Å². The molecular weight excluding hydrogens is 214 g/mol. The molecule has 1 fully saturated rings. The number of nitriles is 1. The summed E-state index contributed by atoms with van der Waals surface area (Å²) in [5.74, 6) is 0.357. The van der Waals surface area contributed by atoms with Crippen LogP contribution in [-0.4, -0.2) is 29.7 Å². The molecule has 1 aromatic rings. The molecule has 2 heterocycles. The fraction of sp³-hybridized carbons (Fsp3) is 0.556. The molecule has 5 nitrogen and oxygen atoms in total. The van der Waals surface area contributed by atoms with Crippen molar-refractivity contribution in [2.45, 2.75) is 18.9 Å². The maximum absolute atomic E-state index is 11.4. The van der Waals surface area contributed by atoms with Crippen molar-refractivity contribution in [1.82, 2.24) is 9.78 Å². The summed E-state index contributed by atoms with van der Waals surface area (Å²) < 4.78 is 24.4. The third kappa shape index (κ3) is 2.02. The number of sulfone groups is 1. The second-order valence-electron chi connectivity index (χ2n) is 3.68.